The summed E-state index contributed by atoms with van der Waals surface area (Å²) in [6.45, 7) is 4.29. The summed E-state index contributed by atoms with van der Waals surface area (Å²) in [5.74, 6) is 2.47. The first kappa shape index (κ1) is 23.0. The molecule has 4 rings (SSSR count). The molecule has 172 valence electrons. The van der Waals surface area contributed by atoms with Crippen molar-refractivity contribution >= 4 is 5.78 Å². The number of Topliss-reactive ketones (excluding diaryl/α,β-unsaturated/α-hetero) is 1. The van der Waals surface area contributed by atoms with Gasteiger partial charge in [0, 0.05) is 12.0 Å². The third-order valence-electron chi connectivity index (χ3n) is 7.61. The molecule has 1 heterocycles. The molecule has 1 saturated carbocycles. The van der Waals surface area contributed by atoms with E-state index < -0.39 is 0 Å². The molecule has 3 atom stereocenters. The fourth-order valence-electron chi connectivity index (χ4n) is 5.62. The summed E-state index contributed by atoms with van der Waals surface area (Å²) in [5, 5.41) is 3.37. The highest BCUT2D eigenvalue weighted by molar-refractivity contribution is 5.96. The number of hydrogen-bond acceptors (Lipinski definition) is 3. The van der Waals surface area contributed by atoms with Gasteiger partial charge in [-0.25, -0.2) is 4.39 Å². The number of carbonyl (C=O) groups is 1. The van der Waals surface area contributed by atoms with Crippen molar-refractivity contribution in [1.29, 1.82) is 0 Å². The van der Waals surface area contributed by atoms with Gasteiger partial charge in [0.15, 0.2) is 17.3 Å². The number of carbonyl (C=O) groups excluding carboxylic acids is 1. The molecular formula is C28H36FNO2. The Morgan fingerprint density at radius 3 is 2.53 bits per heavy atom. The lowest BCUT2D eigenvalue weighted by Gasteiger charge is -2.21. The largest absolute Gasteiger partial charge is 0.494 e. The Morgan fingerprint density at radius 2 is 1.81 bits per heavy atom. The zero-order valence-electron chi connectivity index (χ0n) is 19.4. The summed E-state index contributed by atoms with van der Waals surface area (Å²) < 4.78 is 18.9. The van der Waals surface area contributed by atoms with Gasteiger partial charge in [-0.1, -0.05) is 37.3 Å². The Hall–Kier alpha value is -2.20. The Balaban J connectivity index is 1.30. The van der Waals surface area contributed by atoms with E-state index in [9.17, 15) is 9.18 Å². The topological polar surface area (TPSA) is 38.3 Å². The van der Waals surface area contributed by atoms with Crippen LogP contribution in [0.1, 0.15) is 85.2 Å². The molecule has 32 heavy (non-hydrogen) atoms. The minimum Gasteiger partial charge on any atom is -0.494 e. The Bertz CT molecular complexity index is 904. The summed E-state index contributed by atoms with van der Waals surface area (Å²) in [6.07, 6.45) is 7.62. The van der Waals surface area contributed by atoms with Gasteiger partial charge in [0.05, 0.1) is 7.11 Å². The predicted molar refractivity (Wildman–Crippen MR) is 127 cm³/mol. The molecule has 0 unspecified atom stereocenters. The Labute approximate surface area is 191 Å². The summed E-state index contributed by atoms with van der Waals surface area (Å²) in [5.41, 5.74) is 3.37. The van der Waals surface area contributed by atoms with Crippen molar-refractivity contribution in [2.45, 2.75) is 63.7 Å². The molecule has 0 amide bonds. The van der Waals surface area contributed by atoms with Crippen molar-refractivity contribution in [3.63, 3.8) is 0 Å². The van der Waals surface area contributed by atoms with E-state index in [1.54, 1.807) is 0 Å². The molecule has 1 saturated heterocycles. The molecule has 0 spiro atoms. The molecule has 3 nitrogen and oxygen atoms in total. The number of piperidine rings is 1. The van der Waals surface area contributed by atoms with E-state index in [1.807, 2.05) is 24.3 Å². The highest BCUT2D eigenvalue weighted by atomic mass is 19.1. The average molecular weight is 438 g/mol. The normalized spacial score (nSPS) is 22.6. The summed E-state index contributed by atoms with van der Waals surface area (Å²) in [4.78, 5) is 12.7. The molecule has 2 fully saturated rings. The van der Waals surface area contributed by atoms with Crippen LogP contribution >= 0.6 is 0 Å². The smallest absolute Gasteiger partial charge is 0.165 e. The SMILES string of the molecule is COc1cc([C@@H](C)C[C@H]2CC[C@@H](c3ccc(C(=O)CC4CCNCC4)cc3)C2)ccc1F. The van der Waals surface area contributed by atoms with Crippen molar-refractivity contribution in [3.05, 3.63) is 65.0 Å². The lowest BCUT2D eigenvalue weighted by Crippen LogP contribution is -2.28. The van der Waals surface area contributed by atoms with E-state index in [4.69, 9.17) is 4.74 Å². The molecule has 0 aromatic heterocycles. The standard InChI is InChI=1S/C28H36FNO2/c1-19(24-9-10-26(29)28(18-24)32-2)15-21-3-4-25(16-21)22-5-7-23(8-6-22)27(31)17-20-11-13-30-14-12-20/h5-10,18-21,25,30H,3-4,11-17H2,1-2H3/t19-,21+,25+/m0/s1. The lowest BCUT2D eigenvalue weighted by atomic mass is 9.87. The van der Waals surface area contributed by atoms with Crippen molar-refractivity contribution in [1.82, 2.24) is 5.32 Å². The van der Waals surface area contributed by atoms with Gasteiger partial charge in [-0.3, -0.25) is 4.79 Å². The number of rotatable bonds is 8. The van der Waals surface area contributed by atoms with Crippen LogP contribution in [0.3, 0.4) is 0 Å². The molecule has 2 aromatic rings. The second-order valence-electron chi connectivity index (χ2n) is 9.85. The molecule has 1 aliphatic heterocycles. The van der Waals surface area contributed by atoms with E-state index in [0.29, 0.717) is 35.8 Å². The quantitative estimate of drug-likeness (QED) is 0.480. The van der Waals surface area contributed by atoms with E-state index in [2.05, 4.69) is 24.4 Å². The van der Waals surface area contributed by atoms with Gasteiger partial charge in [0.25, 0.3) is 0 Å². The molecule has 2 aromatic carbocycles. The molecular weight excluding hydrogens is 401 g/mol. The van der Waals surface area contributed by atoms with Gasteiger partial charge < -0.3 is 10.1 Å². The fourth-order valence-corrected chi connectivity index (χ4v) is 5.62. The molecule has 1 aliphatic carbocycles. The summed E-state index contributed by atoms with van der Waals surface area (Å²) in [6, 6.07) is 13.7. The van der Waals surface area contributed by atoms with Crippen LogP contribution in [0.2, 0.25) is 0 Å². The Morgan fingerprint density at radius 1 is 1.06 bits per heavy atom. The maximum absolute atomic E-state index is 13.7. The van der Waals surface area contributed by atoms with Gasteiger partial charge in [-0.15, -0.1) is 0 Å². The number of nitrogens with one attached hydrogen (secondary N) is 1. The highest BCUT2D eigenvalue weighted by Crippen LogP contribution is 2.42. The first-order chi connectivity index (χ1) is 15.5. The average Bonchev–Trinajstić information content (AvgIpc) is 3.28. The minimum absolute atomic E-state index is 0.288. The fraction of sp³-hybridized carbons (Fsp3) is 0.536. The van der Waals surface area contributed by atoms with E-state index in [-0.39, 0.29) is 11.6 Å². The number of ketones is 1. The van der Waals surface area contributed by atoms with Gasteiger partial charge >= 0.3 is 0 Å². The van der Waals surface area contributed by atoms with Crippen LogP contribution in [0.25, 0.3) is 0 Å². The number of methoxy groups -OCH3 is 1. The predicted octanol–water partition coefficient (Wildman–Crippen LogP) is 6.48. The molecule has 0 bridgehead atoms. The first-order valence-corrected chi connectivity index (χ1v) is 12.2. The van der Waals surface area contributed by atoms with E-state index in [0.717, 1.165) is 43.5 Å². The number of benzene rings is 2. The van der Waals surface area contributed by atoms with Crippen LogP contribution in [-0.4, -0.2) is 26.0 Å². The van der Waals surface area contributed by atoms with Crippen molar-refractivity contribution in [3.8, 4) is 5.75 Å². The van der Waals surface area contributed by atoms with E-state index >= 15 is 0 Å². The van der Waals surface area contributed by atoms with Crippen LogP contribution in [-0.2, 0) is 0 Å². The number of ether oxygens (including phenoxy) is 1. The maximum atomic E-state index is 13.7. The third kappa shape index (κ3) is 5.58. The van der Waals surface area contributed by atoms with Crippen LogP contribution < -0.4 is 10.1 Å². The van der Waals surface area contributed by atoms with Crippen molar-refractivity contribution in [2.24, 2.45) is 11.8 Å². The van der Waals surface area contributed by atoms with Crippen LogP contribution in [0.4, 0.5) is 4.39 Å². The monoisotopic (exact) mass is 437 g/mol. The van der Waals surface area contributed by atoms with Gasteiger partial charge in [0.1, 0.15) is 0 Å². The second-order valence-corrected chi connectivity index (χ2v) is 9.85. The van der Waals surface area contributed by atoms with Crippen molar-refractivity contribution in [2.75, 3.05) is 20.2 Å². The van der Waals surface area contributed by atoms with Gasteiger partial charge in [-0.2, -0.15) is 0 Å². The minimum atomic E-state index is -0.304. The summed E-state index contributed by atoms with van der Waals surface area (Å²) in [7, 11) is 1.51. The highest BCUT2D eigenvalue weighted by Gasteiger charge is 2.28. The van der Waals surface area contributed by atoms with Gasteiger partial charge in [-0.05, 0) is 98.5 Å². The summed E-state index contributed by atoms with van der Waals surface area (Å²) >= 11 is 0. The zero-order chi connectivity index (χ0) is 22.5. The lowest BCUT2D eigenvalue weighted by molar-refractivity contribution is 0.0952. The maximum Gasteiger partial charge on any atom is 0.165 e. The first-order valence-electron chi connectivity index (χ1n) is 12.2. The molecule has 0 radical (unpaired) electrons. The van der Waals surface area contributed by atoms with Crippen LogP contribution in [0.5, 0.6) is 5.75 Å². The number of hydrogen-bond donors (Lipinski definition) is 1. The molecule has 2 aliphatic rings. The third-order valence-corrected chi connectivity index (χ3v) is 7.61. The number of halogens is 1. The zero-order valence-corrected chi connectivity index (χ0v) is 19.4. The second kappa shape index (κ2) is 10.6. The van der Waals surface area contributed by atoms with E-state index in [1.165, 1.54) is 38.0 Å². The molecule has 4 heteroatoms. The van der Waals surface area contributed by atoms with Gasteiger partial charge in [0.2, 0.25) is 0 Å². The van der Waals surface area contributed by atoms with Crippen molar-refractivity contribution < 1.29 is 13.9 Å². The van der Waals surface area contributed by atoms with Crippen LogP contribution in [0.15, 0.2) is 42.5 Å². The molecule has 1 N–H and O–H groups in total. The van der Waals surface area contributed by atoms with Crippen LogP contribution in [0, 0.1) is 17.7 Å². The Kier molecular flexibility index (Phi) is 7.62.